The minimum atomic E-state index is -3.80. The molecular formula is C41H52N2O9S. The summed E-state index contributed by atoms with van der Waals surface area (Å²) in [5.74, 6) is -1.32. The predicted molar refractivity (Wildman–Crippen MR) is 207 cm³/mol. The zero-order chi connectivity index (χ0) is 38.8. The molecule has 286 valence electrons. The summed E-state index contributed by atoms with van der Waals surface area (Å²) in [6.07, 6.45) is 9.34. The summed E-state index contributed by atoms with van der Waals surface area (Å²) < 4.78 is 41.0. The number of carbonyl (C=O) groups excluding carboxylic acids is 1. The van der Waals surface area contributed by atoms with Crippen LogP contribution in [0.3, 0.4) is 0 Å². The molecule has 0 fully saturated rings. The molecule has 0 aliphatic rings. The van der Waals surface area contributed by atoms with Gasteiger partial charge in [-0.05, 0) is 100 Å². The maximum atomic E-state index is 13.9. The molecule has 0 aliphatic heterocycles. The molecule has 11 nitrogen and oxygen atoms in total. The van der Waals surface area contributed by atoms with Crippen molar-refractivity contribution in [1.29, 1.82) is 0 Å². The van der Waals surface area contributed by atoms with E-state index in [4.69, 9.17) is 19.4 Å². The summed E-state index contributed by atoms with van der Waals surface area (Å²) in [4.78, 5) is 35.7. The van der Waals surface area contributed by atoms with Crippen LogP contribution in [0.1, 0.15) is 93.0 Å². The normalized spacial score (nSPS) is 11.4. The number of carbonyl (C=O) groups is 3. The molecule has 4 aromatic rings. The van der Waals surface area contributed by atoms with Gasteiger partial charge in [-0.15, -0.1) is 0 Å². The monoisotopic (exact) mass is 748 g/mol. The standard InChI is InChI=1S/C37H48N2O5S.C4H4O4/c1-5-8-12-35-36(33-27-30(17-22-34(33)44-35)38-45(41,42)32-20-13-28(4)14-21-32)37(40)29-15-18-31(19-16-29)43-26-11-25-39(23-9-6-2)24-10-7-3;5-3(6)1-2-4(7)8/h13-22,27,38H,5-12,23-26H2,1-4H3;1-2H,(H,5,6)(H,7,8)/b;2-1+. The van der Waals surface area contributed by atoms with Crippen molar-refractivity contribution in [2.24, 2.45) is 0 Å². The van der Waals surface area contributed by atoms with Crippen LogP contribution in [0.2, 0.25) is 0 Å². The molecule has 12 heteroatoms. The molecule has 0 bridgehead atoms. The number of hydrogen-bond donors (Lipinski definition) is 3. The second kappa shape index (κ2) is 21.6. The first-order valence-electron chi connectivity index (χ1n) is 18.2. The van der Waals surface area contributed by atoms with Crippen molar-refractivity contribution >= 4 is 44.4 Å². The summed E-state index contributed by atoms with van der Waals surface area (Å²) in [6, 6.07) is 19.0. The molecule has 0 saturated carbocycles. The number of furan rings is 1. The second-order valence-electron chi connectivity index (χ2n) is 12.7. The Morgan fingerprint density at radius 2 is 1.38 bits per heavy atom. The highest BCUT2D eigenvalue weighted by Crippen LogP contribution is 2.32. The number of unbranched alkanes of at least 4 members (excludes halogenated alkanes) is 3. The van der Waals surface area contributed by atoms with Gasteiger partial charge in [0.2, 0.25) is 0 Å². The first-order valence-corrected chi connectivity index (χ1v) is 19.7. The second-order valence-corrected chi connectivity index (χ2v) is 14.4. The third kappa shape index (κ3) is 13.9. The number of rotatable bonds is 21. The van der Waals surface area contributed by atoms with E-state index in [-0.39, 0.29) is 10.7 Å². The van der Waals surface area contributed by atoms with Crippen LogP contribution >= 0.6 is 0 Å². The SMILES string of the molecule is CCCCc1oc2ccc(NS(=O)(=O)c3ccc(C)cc3)cc2c1C(=O)c1ccc(OCCCN(CCCC)CCCC)cc1.O=C(O)/C=C/C(=O)O. The van der Waals surface area contributed by atoms with Crippen LogP contribution in [0, 0.1) is 6.92 Å². The first kappa shape index (κ1) is 42.5. The van der Waals surface area contributed by atoms with Crippen LogP contribution in [-0.4, -0.2) is 67.5 Å². The quantitative estimate of drug-likeness (QED) is 0.0428. The zero-order valence-corrected chi connectivity index (χ0v) is 31.9. The van der Waals surface area contributed by atoms with Crippen LogP contribution in [0.4, 0.5) is 5.69 Å². The van der Waals surface area contributed by atoms with Gasteiger partial charge in [-0.3, -0.25) is 9.52 Å². The molecule has 0 atom stereocenters. The van der Waals surface area contributed by atoms with Crippen LogP contribution < -0.4 is 9.46 Å². The van der Waals surface area contributed by atoms with E-state index in [0.29, 0.717) is 58.7 Å². The number of carboxylic acid groups (broad SMARTS) is 2. The van der Waals surface area contributed by atoms with Crippen LogP contribution in [0.15, 0.2) is 88.2 Å². The van der Waals surface area contributed by atoms with Crippen molar-refractivity contribution in [3.8, 4) is 5.75 Å². The Bertz CT molecular complexity index is 1890. The van der Waals surface area contributed by atoms with Crippen molar-refractivity contribution in [2.45, 2.75) is 84.0 Å². The number of aliphatic carboxylic acids is 2. The molecule has 3 N–H and O–H groups in total. The number of benzene rings is 3. The predicted octanol–water partition coefficient (Wildman–Crippen LogP) is 8.50. The molecule has 53 heavy (non-hydrogen) atoms. The molecule has 0 radical (unpaired) electrons. The van der Waals surface area contributed by atoms with Gasteiger partial charge in [-0.1, -0.05) is 57.7 Å². The van der Waals surface area contributed by atoms with Crippen molar-refractivity contribution in [3.05, 3.63) is 101 Å². The van der Waals surface area contributed by atoms with Gasteiger partial charge in [-0.25, -0.2) is 18.0 Å². The number of ether oxygens (including phenoxy) is 1. The topological polar surface area (TPSA) is 163 Å². The van der Waals surface area contributed by atoms with Gasteiger partial charge in [-0.2, -0.15) is 0 Å². The highest BCUT2D eigenvalue weighted by Gasteiger charge is 2.23. The van der Waals surface area contributed by atoms with E-state index in [1.54, 1.807) is 54.6 Å². The van der Waals surface area contributed by atoms with E-state index in [9.17, 15) is 22.8 Å². The summed E-state index contributed by atoms with van der Waals surface area (Å²) in [5.41, 5.74) is 2.89. The highest BCUT2D eigenvalue weighted by molar-refractivity contribution is 7.92. The Balaban J connectivity index is 0.000000846. The van der Waals surface area contributed by atoms with Crippen LogP contribution in [-0.2, 0) is 26.0 Å². The molecule has 4 rings (SSSR count). The highest BCUT2D eigenvalue weighted by atomic mass is 32.2. The molecule has 0 aliphatic carbocycles. The Morgan fingerprint density at radius 3 is 1.94 bits per heavy atom. The maximum Gasteiger partial charge on any atom is 0.328 e. The number of hydrogen-bond acceptors (Lipinski definition) is 8. The van der Waals surface area contributed by atoms with E-state index in [1.165, 1.54) is 25.7 Å². The lowest BCUT2D eigenvalue weighted by atomic mass is 9.98. The molecule has 1 aromatic heterocycles. The fourth-order valence-electron chi connectivity index (χ4n) is 5.47. The van der Waals surface area contributed by atoms with Gasteiger partial charge in [0.1, 0.15) is 17.1 Å². The summed E-state index contributed by atoms with van der Waals surface area (Å²) in [5, 5.41) is 16.2. The van der Waals surface area contributed by atoms with E-state index < -0.39 is 22.0 Å². The maximum absolute atomic E-state index is 13.9. The number of nitrogens with one attached hydrogen (secondary N) is 1. The number of anilines is 1. The lowest BCUT2D eigenvalue weighted by Crippen LogP contribution is -2.28. The van der Waals surface area contributed by atoms with Crippen LogP contribution in [0.5, 0.6) is 5.75 Å². The van der Waals surface area contributed by atoms with Gasteiger partial charge in [0.05, 0.1) is 17.1 Å². The fourth-order valence-corrected chi connectivity index (χ4v) is 6.52. The molecule has 1 heterocycles. The van der Waals surface area contributed by atoms with E-state index in [1.807, 2.05) is 19.1 Å². The summed E-state index contributed by atoms with van der Waals surface area (Å²) in [6.45, 7) is 12.4. The van der Waals surface area contributed by atoms with Gasteiger partial charge < -0.3 is 24.3 Å². The largest absolute Gasteiger partial charge is 0.494 e. The summed E-state index contributed by atoms with van der Waals surface area (Å²) >= 11 is 0. The van der Waals surface area contributed by atoms with Crippen molar-refractivity contribution in [2.75, 3.05) is 31.0 Å². The smallest absolute Gasteiger partial charge is 0.328 e. The van der Waals surface area contributed by atoms with Crippen molar-refractivity contribution in [1.82, 2.24) is 4.90 Å². The van der Waals surface area contributed by atoms with E-state index in [0.717, 1.165) is 50.2 Å². The van der Waals surface area contributed by atoms with Gasteiger partial charge in [0.25, 0.3) is 10.0 Å². The van der Waals surface area contributed by atoms with E-state index >= 15 is 0 Å². The lowest BCUT2D eigenvalue weighted by Gasteiger charge is -2.21. The summed E-state index contributed by atoms with van der Waals surface area (Å²) in [7, 11) is -3.80. The van der Waals surface area contributed by atoms with E-state index in [2.05, 4.69) is 30.4 Å². The molecule has 0 saturated heterocycles. The number of carboxylic acids is 2. The molecule has 0 unspecified atom stereocenters. The minimum absolute atomic E-state index is 0.160. The van der Waals surface area contributed by atoms with Crippen LogP contribution in [0.25, 0.3) is 11.0 Å². The Kier molecular flexibility index (Phi) is 17.3. The molecule has 0 amide bonds. The first-order chi connectivity index (χ1) is 25.4. The number of nitrogens with zero attached hydrogens (tertiary/aromatic N) is 1. The zero-order valence-electron chi connectivity index (χ0n) is 31.1. The number of aryl methyl sites for hydroxylation is 2. The minimum Gasteiger partial charge on any atom is -0.494 e. The number of fused-ring (bicyclic) bond motifs is 1. The Morgan fingerprint density at radius 1 is 0.792 bits per heavy atom. The molecular weight excluding hydrogens is 697 g/mol. The number of ketones is 1. The third-order valence-electron chi connectivity index (χ3n) is 8.36. The number of sulfonamides is 1. The Labute approximate surface area is 312 Å². The van der Waals surface area contributed by atoms with Crippen molar-refractivity contribution in [3.63, 3.8) is 0 Å². The van der Waals surface area contributed by atoms with Gasteiger partial charge >= 0.3 is 11.9 Å². The van der Waals surface area contributed by atoms with Crippen molar-refractivity contribution < 1.29 is 42.2 Å². The van der Waals surface area contributed by atoms with Gasteiger partial charge in [0, 0.05) is 41.8 Å². The molecule has 0 spiro atoms. The average Bonchev–Trinajstić information content (AvgIpc) is 3.50. The fraction of sp³-hybridized carbons (Fsp3) is 0.390. The molecule has 3 aromatic carbocycles. The third-order valence-corrected chi connectivity index (χ3v) is 9.75. The lowest BCUT2D eigenvalue weighted by molar-refractivity contribution is -0.134. The van der Waals surface area contributed by atoms with Gasteiger partial charge in [0.15, 0.2) is 5.78 Å². The Hall–Kier alpha value is -4.94. The average molecular weight is 749 g/mol.